The van der Waals surface area contributed by atoms with Crippen molar-refractivity contribution in [3.63, 3.8) is 0 Å². The minimum absolute atomic E-state index is 0. The van der Waals surface area contributed by atoms with Crippen LogP contribution in [0.15, 0.2) is 53.1 Å². The number of nitrogens with one attached hydrogen (secondary N) is 2. The number of halogens is 1. The quantitative estimate of drug-likeness (QED) is 0.561. The van der Waals surface area contributed by atoms with Gasteiger partial charge in [0.25, 0.3) is 5.91 Å². The molecule has 0 saturated carbocycles. The summed E-state index contributed by atoms with van der Waals surface area (Å²) in [6, 6.07) is 11.6. The molecule has 24 heavy (non-hydrogen) atoms. The molecule has 2 aromatic carbocycles. The third-order valence-corrected chi connectivity index (χ3v) is 3.92. The Kier molecular flexibility index (Phi) is 3.85. The van der Waals surface area contributed by atoms with Crippen LogP contribution in [0.25, 0.3) is 33.2 Å². The lowest BCUT2D eigenvalue weighted by molar-refractivity contribution is 0.0964. The van der Waals surface area contributed by atoms with E-state index in [2.05, 4.69) is 10.3 Å². The van der Waals surface area contributed by atoms with Crippen molar-refractivity contribution in [2.45, 2.75) is 7.43 Å². The molecule has 0 spiro atoms. The predicted molar refractivity (Wildman–Crippen MR) is 93.6 cm³/mol. The number of rotatable bonds is 2. The molecule has 0 saturated heterocycles. The molecule has 0 atom stereocenters. The second kappa shape index (κ2) is 5.85. The molecule has 2 aromatic heterocycles. The van der Waals surface area contributed by atoms with Gasteiger partial charge in [-0.1, -0.05) is 7.43 Å². The van der Waals surface area contributed by atoms with Crippen molar-refractivity contribution in [1.29, 1.82) is 0 Å². The summed E-state index contributed by atoms with van der Waals surface area (Å²) in [5.74, 6) is -0.135. The first-order chi connectivity index (χ1) is 11.2. The summed E-state index contributed by atoms with van der Waals surface area (Å²) in [5, 5.41) is 4.37. The number of aromatic amines is 1. The van der Waals surface area contributed by atoms with E-state index in [-0.39, 0.29) is 19.2 Å². The van der Waals surface area contributed by atoms with Gasteiger partial charge in [0.05, 0.1) is 5.56 Å². The van der Waals surface area contributed by atoms with Crippen LogP contribution in [0.2, 0.25) is 0 Å². The van der Waals surface area contributed by atoms with Crippen LogP contribution in [-0.4, -0.2) is 17.9 Å². The highest BCUT2D eigenvalue weighted by Crippen LogP contribution is 2.35. The summed E-state index contributed by atoms with van der Waals surface area (Å²) < 4.78 is 19.1. The lowest BCUT2D eigenvalue weighted by Gasteiger charge is -2.02. The zero-order chi connectivity index (χ0) is 16.0. The monoisotopic (exact) mass is 324 g/mol. The minimum atomic E-state index is -0.334. The zero-order valence-corrected chi connectivity index (χ0v) is 12.3. The van der Waals surface area contributed by atoms with E-state index >= 15 is 0 Å². The van der Waals surface area contributed by atoms with Crippen LogP contribution < -0.4 is 5.32 Å². The van der Waals surface area contributed by atoms with E-state index in [1.54, 1.807) is 19.2 Å². The molecule has 0 fully saturated rings. The van der Waals surface area contributed by atoms with Crippen LogP contribution in [0.5, 0.6) is 0 Å². The largest absolute Gasteiger partial charge is 0.455 e. The fourth-order valence-electron chi connectivity index (χ4n) is 2.80. The minimum Gasteiger partial charge on any atom is -0.455 e. The average Bonchev–Trinajstić information content (AvgIpc) is 3.16. The molecule has 2 N–H and O–H groups in total. The summed E-state index contributed by atoms with van der Waals surface area (Å²) in [6.45, 7) is 0. The van der Waals surface area contributed by atoms with Crippen LogP contribution >= 0.6 is 0 Å². The number of H-pyrrole nitrogens is 1. The molecule has 5 heteroatoms. The van der Waals surface area contributed by atoms with Crippen molar-refractivity contribution >= 4 is 27.8 Å². The normalized spacial score (nSPS) is 10.8. The molecule has 2 heterocycles. The zero-order valence-electron chi connectivity index (χ0n) is 12.3. The maximum atomic E-state index is 13.2. The second-order valence-corrected chi connectivity index (χ2v) is 5.31. The van der Waals surface area contributed by atoms with Crippen molar-refractivity contribution in [2.75, 3.05) is 7.05 Å². The van der Waals surface area contributed by atoms with E-state index in [4.69, 9.17) is 4.42 Å². The van der Waals surface area contributed by atoms with Gasteiger partial charge in [-0.15, -0.1) is 0 Å². The molecule has 4 aromatic rings. The molecule has 0 aliphatic carbocycles. The van der Waals surface area contributed by atoms with Gasteiger partial charge in [-0.05, 0) is 36.4 Å². The average molecular weight is 324 g/mol. The first-order valence-electron chi connectivity index (χ1n) is 7.19. The lowest BCUT2D eigenvalue weighted by Crippen LogP contribution is -2.18. The molecule has 0 unspecified atom stereocenters. The van der Waals surface area contributed by atoms with Crippen molar-refractivity contribution in [3.8, 4) is 11.3 Å². The van der Waals surface area contributed by atoms with Crippen molar-refractivity contribution in [1.82, 2.24) is 10.3 Å². The molecule has 4 rings (SSSR count). The number of carbonyl (C=O) groups excluding carboxylic acids is 1. The van der Waals surface area contributed by atoms with E-state index in [1.807, 2.05) is 24.4 Å². The van der Waals surface area contributed by atoms with Gasteiger partial charge in [-0.2, -0.15) is 0 Å². The van der Waals surface area contributed by atoms with Gasteiger partial charge in [0.2, 0.25) is 0 Å². The van der Waals surface area contributed by atoms with Gasteiger partial charge in [0.15, 0.2) is 0 Å². The van der Waals surface area contributed by atoms with E-state index in [9.17, 15) is 9.18 Å². The molecule has 0 aliphatic heterocycles. The highest BCUT2D eigenvalue weighted by molar-refractivity contribution is 6.13. The Bertz CT molecular complexity index is 1030. The van der Waals surface area contributed by atoms with Gasteiger partial charge in [-0.3, -0.25) is 4.79 Å². The predicted octanol–water partition coefficient (Wildman–Crippen LogP) is 4.72. The fraction of sp³-hybridized carbons (Fsp3) is 0.105. The standard InChI is InChI=1S/C18H13FN2O2.CH4/c1-20-18(22)16-13-8-11-6-7-21-14(11)9-15(13)23-17(16)10-2-4-12(19)5-3-10;/h2-9,21H,1H3,(H,20,22);1H4. The van der Waals surface area contributed by atoms with E-state index < -0.39 is 0 Å². The Balaban J connectivity index is 0.00000169. The van der Waals surface area contributed by atoms with E-state index in [0.29, 0.717) is 22.5 Å². The second-order valence-electron chi connectivity index (χ2n) is 5.31. The molecule has 122 valence electrons. The summed E-state index contributed by atoms with van der Waals surface area (Å²) in [6.07, 6.45) is 1.84. The lowest BCUT2D eigenvalue weighted by atomic mass is 10.0. The topological polar surface area (TPSA) is 58.0 Å². The number of fused-ring (bicyclic) bond motifs is 2. The van der Waals surface area contributed by atoms with E-state index in [1.165, 1.54) is 12.1 Å². The number of carbonyl (C=O) groups is 1. The maximum absolute atomic E-state index is 13.2. The van der Waals surface area contributed by atoms with Gasteiger partial charge < -0.3 is 14.7 Å². The molecule has 0 radical (unpaired) electrons. The number of hydrogen-bond donors (Lipinski definition) is 2. The number of furan rings is 1. The molecular weight excluding hydrogens is 307 g/mol. The Hall–Kier alpha value is -3.08. The van der Waals surface area contributed by atoms with Gasteiger partial charge in [0, 0.05) is 41.2 Å². The Morgan fingerprint density at radius 1 is 1.17 bits per heavy atom. The third kappa shape index (κ3) is 2.34. The molecule has 0 bridgehead atoms. The molecular formula is C19H17FN2O2. The summed E-state index contributed by atoms with van der Waals surface area (Å²) in [4.78, 5) is 15.5. The first-order valence-corrected chi connectivity index (χ1v) is 7.19. The highest BCUT2D eigenvalue weighted by Gasteiger charge is 2.22. The maximum Gasteiger partial charge on any atom is 0.255 e. The van der Waals surface area contributed by atoms with Crippen molar-refractivity contribution in [3.05, 3.63) is 60.0 Å². The Morgan fingerprint density at radius 2 is 1.92 bits per heavy atom. The summed E-state index contributed by atoms with van der Waals surface area (Å²) in [7, 11) is 1.57. The highest BCUT2D eigenvalue weighted by atomic mass is 19.1. The number of amides is 1. The van der Waals surface area contributed by atoms with Crippen molar-refractivity contribution < 1.29 is 13.6 Å². The van der Waals surface area contributed by atoms with Gasteiger partial charge >= 0.3 is 0 Å². The van der Waals surface area contributed by atoms with Crippen LogP contribution in [0.4, 0.5) is 4.39 Å². The summed E-state index contributed by atoms with van der Waals surface area (Å²) in [5.41, 5.74) is 2.65. The SMILES string of the molecule is C.CNC(=O)c1c(-c2ccc(F)cc2)oc2cc3[nH]ccc3cc12. The van der Waals surface area contributed by atoms with Gasteiger partial charge in [-0.25, -0.2) is 4.39 Å². The van der Waals surface area contributed by atoms with Crippen LogP contribution in [0.3, 0.4) is 0 Å². The Morgan fingerprint density at radius 3 is 2.62 bits per heavy atom. The summed E-state index contributed by atoms with van der Waals surface area (Å²) >= 11 is 0. The number of hydrogen-bond acceptors (Lipinski definition) is 2. The third-order valence-electron chi connectivity index (χ3n) is 3.92. The first kappa shape index (κ1) is 15.8. The number of benzene rings is 2. The van der Waals surface area contributed by atoms with Crippen LogP contribution in [0.1, 0.15) is 17.8 Å². The molecule has 1 amide bonds. The van der Waals surface area contributed by atoms with E-state index in [0.717, 1.165) is 16.3 Å². The van der Waals surface area contributed by atoms with Crippen LogP contribution in [0, 0.1) is 5.82 Å². The van der Waals surface area contributed by atoms with Crippen molar-refractivity contribution in [2.24, 2.45) is 0 Å². The fourth-order valence-corrected chi connectivity index (χ4v) is 2.80. The van der Waals surface area contributed by atoms with Gasteiger partial charge in [0.1, 0.15) is 17.2 Å². The number of aromatic nitrogens is 1. The Labute approximate surface area is 138 Å². The molecule has 0 aliphatic rings. The smallest absolute Gasteiger partial charge is 0.255 e. The van der Waals surface area contributed by atoms with Crippen LogP contribution in [-0.2, 0) is 0 Å². The molecule has 4 nitrogen and oxygen atoms in total.